The van der Waals surface area contributed by atoms with Crippen LogP contribution in [0.25, 0.3) is 11.3 Å². The van der Waals surface area contributed by atoms with Crippen LogP contribution in [-0.4, -0.2) is 0 Å². The standard InChI is InChI=1S/C16H19NO/c1-12-4-6-13(7-5-12)14-8-9-15(18-14)16(17)10-2-3-11-16/h4-9H,2-3,10-11,17H2,1H3. The molecule has 3 rings (SSSR count). The first-order valence-electron chi connectivity index (χ1n) is 6.64. The molecule has 0 radical (unpaired) electrons. The molecule has 1 aromatic carbocycles. The first-order chi connectivity index (χ1) is 8.67. The van der Waals surface area contributed by atoms with Gasteiger partial charge in [0.25, 0.3) is 0 Å². The quantitative estimate of drug-likeness (QED) is 0.863. The van der Waals surface area contributed by atoms with Gasteiger partial charge in [0.1, 0.15) is 11.5 Å². The summed E-state index contributed by atoms with van der Waals surface area (Å²) in [6.07, 6.45) is 4.48. The topological polar surface area (TPSA) is 39.2 Å². The van der Waals surface area contributed by atoms with Crippen molar-refractivity contribution in [3.05, 3.63) is 47.7 Å². The van der Waals surface area contributed by atoms with Gasteiger partial charge in [-0.1, -0.05) is 42.7 Å². The van der Waals surface area contributed by atoms with Crippen LogP contribution in [0.15, 0.2) is 40.8 Å². The molecule has 2 N–H and O–H groups in total. The summed E-state index contributed by atoms with van der Waals surface area (Å²) in [5.41, 5.74) is 8.55. The highest BCUT2D eigenvalue weighted by molar-refractivity contribution is 5.58. The van der Waals surface area contributed by atoms with E-state index in [4.69, 9.17) is 10.2 Å². The molecule has 2 heteroatoms. The van der Waals surface area contributed by atoms with Gasteiger partial charge < -0.3 is 10.2 Å². The van der Waals surface area contributed by atoms with Crippen molar-refractivity contribution in [2.24, 2.45) is 5.73 Å². The third kappa shape index (κ3) is 1.97. The number of furan rings is 1. The first-order valence-corrected chi connectivity index (χ1v) is 6.64. The molecule has 18 heavy (non-hydrogen) atoms. The van der Waals surface area contributed by atoms with Crippen LogP contribution in [0, 0.1) is 6.92 Å². The van der Waals surface area contributed by atoms with Crippen LogP contribution < -0.4 is 5.73 Å². The Morgan fingerprint density at radius 2 is 1.67 bits per heavy atom. The molecule has 0 unspecified atom stereocenters. The number of hydrogen-bond donors (Lipinski definition) is 1. The Morgan fingerprint density at radius 1 is 1.00 bits per heavy atom. The van der Waals surface area contributed by atoms with Crippen LogP contribution in [0.1, 0.15) is 37.0 Å². The number of hydrogen-bond acceptors (Lipinski definition) is 2. The predicted octanol–water partition coefficient (Wildman–Crippen LogP) is 3.98. The van der Waals surface area contributed by atoms with Gasteiger partial charge in [0.05, 0.1) is 5.54 Å². The molecule has 1 aliphatic rings. The van der Waals surface area contributed by atoms with Crippen molar-refractivity contribution in [2.75, 3.05) is 0 Å². The fraction of sp³-hybridized carbons (Fsp3) is 0.375. The highest BCUT2D eigenvalue weighted by Crippen LogP contribution is 2.38. The van der Waals surface area contributed by atoms with E-state index in [0.717, 1.165) is 29.9 Å². The zero-order valence-electron chi connectivity index (χ0n) is 10.8. The number of nitrogens with two attached hydrogens (primary N) is 1. The third-order valence-corrected chi connectivity index (χ3v) is 3.93. The summed E-state index contributed by atoms with van der Waals surface area (Å²) in [6.45, 7) is 2.09. The fourth-order valence-electron chi connectivity index (χ4n) is 2.73. The second kappa shape index (κ2) is 4.29. The van der Waals surface area contributed by atoms with Crippen molar-refractivity contribution in [2.45, 2.75) is 38.1 Å². The summed E-state index contributed by atoms with van der Waals surface area (Å²) in [4.78, 5) is 0. The Kier molecular flexibility index (Phi) is 2.75. The molecular weight excluding hydrogens is 222 g/mol. The van der Waals surface area contributed by atoms with Crippen molar-refractivity contribution in [3.8, 4) is 11.3 Å². The average molecular weight is 241 g/mol. The van der Waals surface area contributed by atoms with Gasteiger partial charge in [-0.15, -0.1) is 0 Å². The maximum atomic E-state index is 6.40. The molecule has 0 saturated heterocycles. The van der Waals surface area contributed by atoms with E-state index < -0.39 is 0 Å². The van der Waals surface area contributed by atoms with Gasteiger partial charge >= 0.3 is 0 Å². The average Bonchev–Trinajstić information content (AvgIpc) is 2.99. The van der Waals surface area contributed by atoms with Crippen LogP contribution >= 0.6 is 0 Å². The molecule has 1 saturated carbocycles. The SMILES string of the molecule is Cc1ccc(-c2ccc(C3(N)CCCC3)o2)cc1. The fourth-order valence-corrected chi connectivity index (χ4v) is 2.73. The van der Waals surface area contributed by atoms with Crippen LogP contribution in [0.5, 0.6) is 0 Å². The maximum absolute atomic E-state index is 6.40. The second-order valence-corrected chi connectivity index (χ2v) is 5.39. The summed E-state index contributed by atoms with van der Waals surface area (Å²) >= 11 is 0. The molecule has 1 aromatic heterocycles. The molecule has 0 aliphatic heterocycles. The first kappa shape index (κ1) is 11.5. The van der Waals surface area contributed by atoms with Crippen molar-refractivity contribution >= 4 is 0 Å². The lowest BCUT2D eigenvalue weighted by Crippen LogP contribution is -2.32. The van der Waals surface area contributed by atoms with Gasteiger partial charge in [-0.2, -0.15) is 0 Å². The smallest absolute Gasteiger partial charge is 0.134 e. The lowest BCUT2D eigenvalue weighted by atomic mass is 9.96. The Balaban J connectivity index is 1.91. The van der Waals surface area contributed by atoms with E-state index in [9.17, 15) is 0 Å². The van der Waals surface area contributed by atoms with E-state index in [2.05, 4.69) is 31.2 Å². The van der Waals surface area contributed by atoms with E-state index in [1.807, 2.05) is 12.1 Å². The van der Waals surface area contributed by atoms with Gasteiger partial charge in [-0.05, 0) is 31.9 Å². The summed E-state index contributed by atoms with van der Waals surface area (Å²) < 4.78 is 5.97. The van der Waals surface area contributed by atoms with Gasteiger partial charge in [0.15, 0.2) is 0 Å². The van der Waals surface area contributed by atoms with E-state index in [0.29, 0.717) is 0 Å². The molecule has 0 spiro atoms. The van der Waals surface area contributed by atoms with E-state index >= 15 is 0 Å². The highest BCUT2D eigenvalue weighted by Gasteiger charge is 2.34. The summed E-state index contributed by atoms with van der Waals surface area (Å²) in [5.74, 6) is 1.86. The second-order valence-electron chi connectivity index (χ2n) is 5.39. The lowest BCUT2D eigenvalue weighted by Gasteiger charge is -2.20. The minimum Gasteiger partial charge on any atom is -0.459 e. The van der Waals surface area contributed by atoms with Crippen LogP contribution in [0.2, 0.25) is 0 Å². The minimum absolute atomic E-state index is 0.233. The van der Waals surface area contributed by atoms with E-state index in [-0.39, 0.29) is 5.54 Å². The molecule has 0 bridgehead atoms. The van der Waals surface area contributed by atoms with Crippen molar-refractivity contribution in [1.29, 1.82) is 0 Å². The zero-order chi connectivity index (χ0) is 12.6. The molecular formula is C16H19NO. The third-order valence-electron chi connectivity index (χ3n) is 3.93. The molecule has 1 aliphatic carbocycles. The van der Waals surface area contributed by atoms with Gasteiger partial charge in [0.2, 0.25) is 0 Å². The van der Waals surface area contributed by atoms with Gasteiger partial charge in [-0.3, -0.25) is 0 Å². The molecule has 0 atom stereocenters. The maximum Gasteiger partial charge on any atom is 0.134 e. The van der Waals surface area contributed by atoms with E-state index in [1.165, 1.54) is 18.4 Å². The van der Waals surface area contributed by atoms with Gasteiger partial charge in [0, 0.05) is 5.56 Å². The number of benzene rings is 1. The largest absolute Gasteiger partial charge is 0.459 e. The molecule has 0 amide bonds. The van der Waals surface area contributed by atoms with Gasteiger partial charge in [-0.25, -0.2) is 0 Å². The molecule has 2 aromatic rings. The Bertz CT molecular complexity index is 532. The lowest BCUT2D eigenvalue weighted by molar-refractivity contribution is 0.354. The molecule has 2 nitrogen and oxygen atoms in total. The summed E-state index contributed by atoms with van der Waals surface area (Å²) in [5, 5.41) is 0. The van der Waals surface area contributed by atoms with Crippen molar-refractivity contribution in [1.82, 2.24) is 0 Å². The Labute approximate surface area is 108 Å². The monoisotopic (exact) mass is 241 g/mol. The molecule has 1 fully saturated rings. The Hall–Kier alpha value is -1.54. The van der Waals surface area contributed by atoms with E-state index in [1.54, 1.807) is 0 Å². The molecule has 94 valence electrons. The summed E-state index contributed by atoms with van der Waals surface area (Å²) in [6, 6.07) is 12.5. The number of aryl methyl sites for hydroxylation is 1. The van der Waals surface area contributed by atoms with Crippen LogP contribution in [-0.2, 0) is 5.54 Å². The van der Waals surface area contributed by atoms with Crippen molar-refractivity contribution < 1.29 is 4.42 Å². The van der Waals surface area contributed by atoms with Crippen LogP contribution in [0.4, 0.5) is 0 Å². The predicted molar refractivity (Wildman–Crippen MR) is 73.2 cm³/mol. The zero-order valence-corrected chi connectivity index (χ0v) is 10.8. The highest BCUT2D eigenvalue weighted by atomic mass is 16.3. The number of rotatable bonds is 2. The van der Waals surface area contributed by atoms with Crippen molar-refractivity contribution in [3.63, 3.8) is 0 Å². The normalized spacial score (nSPS) is 18.1. The Morgan fingerprint density at radius 3 is 2.33 bits per heavy atom. The summed E-state index contributed by atoms with van der Waals surface area (Å²) in [7, 11) is 0. The molecule has 1 heterocycles. The minimum atomic E-state index is -0.233. The van der Waals surface area contributed by atoms with Crippen LogP contribution in [0.3, 0.4) is 0 Å².